The molecule has 0 radical (unpaired) electrons. The Morgan fingerprint density at radius 3 is 2.69 bits per heavy atom. The maximum atomic E-state index is 12.8. The number of aromatic nitrogens is 2. The van der Waals surface area contributed by atoms with Crippen LogP contribution in [0.1, 0.15) is 49.2 Å². The molecule has 1 aliphatic rings. The van der Waals surface area contributed by atoms with Crippen LogP contribution in [0.25, 0.3) is 11.0 Å². The van der Waals surface area contributed by atoms with Crippen LogP contribution >= 0.6 is 0 Å². The van der Waals surface area contributed by atoms with E-state index in [4.69, 9.17) is 4.98 Å². The van der Waals surface area contributed by atoms with Gasteiger partial charge in [0.2, 0.25) is 5.91 Å². The molecule has 1 unspecified atom stereocenters. The van der Waals surface area contributed by atoms with Crippen molar-refractivity contribution in [3.8, 4) is 0 Å². The molecule has 2 heterocycles. The Labute approximate surface area is 154 Å². The number of benzene rings is 2. The maximum absolute atomic E-state index is 12.8. The van der Waals surface area contributed by atoms with Crippen molar-refractivity contribution in [3.05, 3.63) is 65.5 Å². The Morgan fingerprint density at radius 2 is 1.92 bits per heavy atom. The highest BCUT2D eigenvalue weighted by Crippen LogP contribution is 2.32. The fraction of sp³-hybridized carbons (Fsp3) is 0.364. The van der Waals surface area contributed by atoms with Crippen LogP contribution in [-0.2, 0) is 17.6 Å². The van der Waals surface area contributed by atoms with Gasteiger partial charge in [0.15, 0.2) is 0 Å². The molecule has 134 valence electrons. The largest absolute Gasteiger partial charge is 0.340 e. The van der Waals surface area contributed by atoms with Gasteiger partial charge in [0.25, 0.3) is 0 Å². The topological polar surface area (TPSA) is 49.0 Å². The van der Waals surface area contributed by atoms with E-state index in [2.05, 4.69) is 36.2 Å². The zero-order valence-electron chi connectivity index (χ0n) is 15.2. The number of hydrogen-bond donors (Lipinski definition) is 1. The van der Waals surface area contributed by atoms with Crippen LogP contribution in [0.4, 0.5) is 0 Å². The third kappa shape index (κ3) is 3.36. The Kier molecular flexibility index (Phi) is 4.74. The lowest BCUT2D eigenvalue weighted by Gasteiger charge is -2.23. The van der Waals surface area contributed by atoms with Crippen LogP contribution in [0.15, 0.2) is 48.5 Å². The van der Waals surface area contributed by atoms with Gasteiger partial charge in [-0.3, -0.25) is 4.79 Å². The highest BCUT2D eigenvalue weighted by atomic mass is 16.2. The smallest absolute Gasteiger partial charge is 0.223 e. The Hall–Kier alpha value is -2.62. The Bertz CT molecular complexity index is 864. The molecule has 1 aromatic heterocycles. The molecule has 1 aliphatic heterocycles. The SMILES string of the molecule is CCc1ccc(CCC(=O)N2CCCC2c2nc3ccccc3[nH]2)cc1. The second-order valence-electron chi connectivity index (χ2n) is 7.05. The number of fused-ring (bicyclic) bond motifs is 1. The number of nitrogens with zero attached hydrogens (tertiary/aromatic N) is 2. The molecule has 4 nitrogen and oxygen atoms in total. The number of likely N-dealkylation sites (tertiary alicyclic amines) is 1. The number of rotatable bonds is 5. The van der Waals surface area contributed by atoms with Crippen molar-refractivity contribution < 1.29 is 4.79 Å². The molecule has 0 spiro atoms. The molecule has 1 saturated heterocycles. The van der Waals surface area contributed by atoms with Gasteiger partial charge in [-0.2, -0.15) is 0 Å². The maximum Gasteiger partial charge on any atom is 0.223 e. The van der Waals surface area contributed by atoms with Crippen molar-refractivity contribution in [1.29, 1.82) is 0 Å². The zero-order chi connectivity index (χ0) is 17.9. The standard InChI is InChI=1S/C22H25N3O/c1-2-16-9-11-17(12-10-16)13-14-21(26)25-15-5-8-20(25)22-23-18-6-3-4-7-19(18)24-22/h3-4,6-7,9-12,20H,2,5,8,13-15H2,1H3,(H,23,24). The average molecular weight is 347 g/mol. The summed E-state index contributed by atoms with van der Waals surface area (Å²) in [5.74, 6) is 1.15. The van der Waals surface area contributed by atoms with Crippen LogP contribution in [0.2, 0.25) is 0 Å². The van der Waals surface area contributed by atoms with Crippen LogP contribution in [0, 0.1) is 0 Å². The molecule has 1 fully saturated rings. The van der Waals surface area contributed by atoms with Gasteiger partial charge in [0, 0.05) is 13.0 Å². The van der Waals surface area contributed by atoms with Crippen LogP contribution < -0.4 is 0 Å². The third-order valence-corrected chi connectivity index (χ3v) is 5.36. The van der Waals surface area contributed by atoms with Gasteiger partial charge >= 0.3 is 0 Å². The summed E-state index contributed by atoms with van der Waals surface area (Å²) < 4.78 is 0. The van der Waals surface area contributed by atoms with Gasteiger partial charge in [-0.25, -0.2) is 4.98 Å². The van der Waals surface area contributed by atoms with E-state index in [1.165, 1.54) is 11.1 Å². The number of carbonyl (C=O) groups excluding carboxylic acids is 1. The van der Waals surface area contributed by atoms with Crippen LogP contribution in [0.3, 0.4) is 0 Å². The molecule has 26 heavy (non-hydrogen) atoms. The Balaban J connectivity index is 1.44. The van der Waals surface area contributed by atoms with Gasteiger partial charge in [-0.05, 0) is 48.9 Å². The molecule has 1 N–H and O–H groups in total. The summed E-state index contributed by atoms with van der Waals surface area (Å²) >= 11 is 0. The molecule has 0 bridgehead atoms. The highest BCUT2D eigenvalue weighted by Gasteiger charge is 2.31. The first kappa shape index (κ1) is 16.8. The first-order valence-electron chi connectivity index (χ1n) is 9.56. The highest BCUT2D eigenvalue weighted by molar-refractivity contribution is 5.78. The molecule has 1 atom stereocenters. The van der Waals surface area contributed by atoms with E-state index in [9.17, 15) is 4.79 Å². The van der Waals surface area contributed by atoms with E-state index in [1.807, 2.05) is 29.2 Å². The normalized spacial score (nSPS) is 17.1. The molecule has 0 saturated carbocycles. The molecule has 2 aromatic carbocycles. The first-order chi connectivity index (χ1) is 12.7. The fourth-order valence-electron chi connectivity index (χ4n) is 3.82. The van der Waals surface area contributed by atoms with Gasteiger partial charge in [0.1, 0.15) is 5.82 Å². The number of para-hydroxylation sites is 2. The molecular weight excluding hydrogens is 322 g/mol. The average Bonchev–Trinajstić information content (AvgIpc) is 3.32. The first-order valence-corrected chi connectivity index (χ1v) is 9.56. The summed E-state index contributed by atoms with van der Waals surface area (Å²) in [5.41, 5.74) is 4.58. The van der Waals surface area contributed by atoms with Gasteiger partial charge in [-0.1, -0.05) is 43.3 Å². The fourth-order valence-corrected chi connectivity index (χ4v) is 3.82. The van der Waals surface area contributed by atoms with Crippen molar-refractivity contribution in [3.63, 3.8) is 0 Å². The molecule has 4 heteroatoms. The van der Waals surface area contributed by atoms with E-state index >= 15 is 0 Å². The monoisotopic (exact) mass is 347 g/mol. The molecular formula is C22H25N3O. The van der Waals surface area contributed by atoms with Gasteiger partial charge in [-0.15, -0.1) is 0 Å². The van der Waals surface area contributed by atoms with E-state index in [0.29, 0.717) is 6.42 Å². The lowest BCUT2D eigenvalue weighted by atomic mass is 10.1. The molecule has 3 aromatic rings. The summed E-state index contributed by atoms with van der Waals surface area (Å²) in [6.45, 7) is 2.99. The van der Waals surface area contributed by atoms with Crippen molar-refractivity contribution in [1.82, 2.24) is 14.9 Å². The number of amides is 1. The van der Waals surface area contributed by atoms with Crippen molar-refractivity contribution >= 4 is 16.9 Å². The quantitative estimate of drug-likeness (QED) is 0.742. The minimum atomic E-state index is 0.0809. The summed E-state index contributed by atoms with van der Waals surface area (Å²) in [4.78, 5) is 23.0. The molecule has 4 rings (SSSR count). The van der Waals surface area contributed by atoms with E-state index in [1.54, 1.807) is 0 Å². The number of hydrogen-bond acceptors (Lipinski definition) is 2. The van der Waals surface area contributed by atoms with E-state index in [0.717, 1.165) is 49.1 Å². The number of carbonyl (C=O) groups is 1. The number of imidazole rings is 1. The van der Waals surface area contributed by atoms with Crippen LogP contribution in [0.5, 0.6) is 0 Å². The van der Waals surface area contributed by atoms with E-state index in [-0.39, 0.29) is 11.9 Å². The predicted octanol–water partition coefficient (Wildman–Crippen LogP) is 4.42. The van der Waals surface area contributed by atoms with Crippen molar-refractivity contribution in [2.45, 2.75) is 45.1 Å². The Morgan fingerprint density at radius 1 is 1.15 bits per heavy atom. The zero-order valence-corrected chi connectivity index (χ0v) is 15.2. The summed E-state index contributed by atoms with van der Waals surface area (Å²) in [7, 11) is 0. The van der Waals surface area contributed by atoms with Crippen molar-refractivity contribution in [2.24, 2.45) is 0 Å². The van der Waals surface area contributed by atoms with Gasteiger partial charge in [0.05, 0.1) is 17.1 Å². The van der Waals surface area contributed by atoms with Crippen molar-refractivity contribution in [2.75, 3.05) is 6.54 Å². The molecule has 0 aliphatic carbocycles. The summed E-state index contributed by atoms with van der Waals surface area (Å²) in [5, 5.41) is 0. The predicted molar refractivity (Wildman–Crippen MR) is 104 cm³/mol. The lowest BCUT2D eigenvalue weighted by Crippen LogP contribution is -2.31. The van der Waals surface area contributed by atoms with Gasteiger partial charge < -0.3 is 9.88 Å². The van der Waals surface area contributed by atoms with Crippen LogP contribution in [-0.4, -0.2) is 27.3 Å². The lowest BCUT2D eigenvalue weighted by molar-refractivity contribution is -0.132. The second kappa shape index (κ2) is 7.32. The summed E-state index contributed by atoms with van der Waals surface area (Å²) in [6, 6.07) is 16.7. The third-order valence-electron chi connectivity index (χ3n) is 5.36. The number of aromatic amines is 1. The second-order valence-corrected chi connectivity index (χ2v) is 7.05. The van der Waals surface area contributed by atoms with E-state index < -0.39 is 0 Å². The number of H-pyrrole nitrogens is 1. The summed E-state index contributed by atoms with van der Waals surface area (Å²) in [6.07, 6.45) is 4.43. The number of nitrogens with one attached hydrogen (secondary N) is 1. The minimum Gasteiger partial charge on any atom is -0.340 e. The molecule has 1 amide bonds. The minimum absolute atomic E-state index is 0.0809. The number of aryl methyl sites for hydroxylation is 2.